The predicted molar refractivity (Wildman–Crippen MR) is 101 cm³/mol. The molecule has 0 radical (unpaired) electrons. The Morgan fingerprint density at radius 2 is 2.12 bits per heavy atom. The highest BCUT2D eigenvalue weighted by molar-refractivity contribution is 6.02. The SMILES string of the molecule is O=C(CNC(=O)[C@@]12CCCC[C@H]1CNC2)Nc1cccc2cccnc12. The minimum absolute atomic E-state index is 0.0124. The lowest BCUT2D eigenvalue weighted by atomic mass is 9.67. The van der Waals surface area contributed by atoms with Crippen LogP contribution in [0.25, 0.3) is 10.9 Å². The second kappa shape index (κ2) is 7.03. The molecule has 1 aromatic heterocycles. The lowest BCUT2D eigenvalue weighted by Gasteiger charge is -2.37. The van der Waals surface area contributed by atoms with E-state index in [2.05, 4.69) is 20.9 Å². The number of pyridine rings is 1. The third-order valence-electron chi connectivity index (χ3n) is 5.81. The largest absolute Gasteiger partial charge is 0.346 e. The van der Waals surface area contributed by atoms with Crippen molar-refractivity contribution in [3.8, 4) is 0 Å². The van der Waals surface area contributed by atoms with E-state index in [1.807, 2.05) is 30.3 Å². The molecular formula is C20H24N4O2. The number of nitrogens with one attached hydrogen (secondary N) is 3. The molecule has 1 saturated heterocycles. The van der Waals surface area contributed by atoms with E-state index in [0.717, 1.165) is 43.3 Å². The Bertz CT molecular complexity index is 832. The van der Waals surface area contributed by atoms with Crippen molar-refractivity contribution in [3.05, 3.63) is 36.5 Å². The second-order valence-corrected chi connectivity index (χ2v) is 7.34. The normalized spacial score (nSPS) is 24.8. The van der Waals surface area contributed by atoms with Crippen LogP contribution < -0.4 is 16.0 Å². The van der Waals surface area contributed by atoms with Crippen molar-refractivity contribution < 1.29 is 9.59 Å². The monoisotopic (exact) mass is 352 g/mol. The maximum absolute atomic E-state index is 12.8. The van der Waals surface area contributed by atoms with Crippen molar-refractivity contribution in [3.63, 3.8) is 0 Å². The number of fused-ring (bicyclic) bond motifs is 2. The number of para-hydroxylation sites is 1. The summed E-state index contributed by atoms with van der Waals surface area (Å²) < 4.78 is 0. The van der Waals surface area contributed by atoms with Gasteiger partial charge in [-0.25, -0.2) is 0 Å². The van der Waals surface area contributed by atoms with Gasteiger partial charge < -0.3 is 16.0 Å². The number of anilines is 1. The molecule has 1 aromatic carbocycles. The maximum Gasteiger partial charge on any atom is 0.243 e. The first-order valence-corrected chi connectivity index (χ1v) is 9.32. The molecule has 2 aliphatic rings. The lowest BCUT2D eigenvalue weighted by Crippen LogP contribution is -2.49. The molecule has 2 atom stereocenters. The molecular weight excluding hydrogens is 328 g/mol. The minimum Gasteiger partial charge on any atom is -0.346 e. The number of hydrogen-bond donors (Lipinski definition) is 3. The highest BCUT2D eigenvalue weighted by Gasteiger charge is 2.49. The third-order valence-corrected chi connectivity index (χ3v) is 5.81. The van der Waals surface area contributed by atoms with Gasteiger partial charge in [-0.1, -0.05) is 31.0 Å². The molecule has 2 heterocycles. The van der Waals surface area contributed by atoms with Crippen LogP contribution in [0.3, 0.4) is 0 Å². The van der Waals surface area contributed by atoms with Gasteiger partial charge in [0, 0.05) is 18.1 Å². The van der Waals surface area contributed by atoms with Crippen LogP contribution in [0, 0.1) is 11.3 Å². The molecule has 6 nitrogen and oxygen atoms in total. The number of amides is 2. The van der Waals surface area contributed by atoms with Gasteiger partial charge in [-0.3, -0.25) is 14.6 Å². The molecule has 1 aliphatic carbocycles. The molecule has 3 N–H and O–H groups in total. The zero-order valence-electron chi connectivity index (χ0n) is 14.8. The first kappa shape index (κ1) is 17.0. The fraction of sp³-hybridized carbons (Fsp3) is 0.450. The van der Waals surface area contributed by atoms with Crippen molar-refractivity contribution in [1.82, 2.24) is 15.6 Å². The van der Waals surface area contributed by atoms with E-state index in [0.29, 0.717) is 11.6 Å². The van der Waals surface area contributed by atoms with Gasteiger partial charge in [0.05, 0.1) is 23.2 Å². The highest BCUT2D eigenvalue weighted by atomic mass is 16.2. The first-order chi connectivity index (χ1) is 12.7. The summed E-state index contributed by atoms with van der Waals surface area (Å²) in [4.78, 5) is 29.5. The minimum atomic E-state index is -0.334. The summed E-state index contributed by atoms with van der Waals surface area (Å²) in [6.45, 7) is 1.61. The summed E-state index contributed by atoms with van der Waals surface area (Å²) in [7, 11) is 0. The number of benzene rings is 1. The van der Waals surface area contributed by atoms with Crippen molar-refractivity contribution in [1.29, 1.82) is 0 Å². The van der Waals surface area contributed by atoms with Crippen LogP contribution in [-0.4, -0.2) is 36.4 Å². The number of nitrogens with zero attached hydrogens (tertiary/aromatic N) is 1. The van der Waals surface area contributed by atoms with Crippen LogP contribution in [0.15, 0.2) is 36.5 Å². The molecule has 2 fully saturated rings. The first-order valence-electron chi connectivity index (χ1n) is 9.32. The van der Waals surface area contributed by atoms with E-state index in [1.54, 1.807) is 6.20 Å². The summed E-state index contributed by atoms with van der Waals surface area (Å²) in [5.74, 6) is 0.172. The van der Waals surface area contributed by atoms with Crippen LogP contribution in [0.4, 0.5) is 5.69 Å². The lowest BCUT2D eigenvalue weighted by molar-refractivity contribution is -0.135. The van der Waals surface area contributed by atoms with Gasteiger partial charge in [-0.05, 0) is 37.4 Å². The van der Waals surface area contributed by atoms with Crippen LogP contribution in [-0.2, 0) is 9.59 Å². The molecule has 1 saturated carbocycles. The summed E-state index contributed by atoms with van der Waals surface area (Å²) in [5, 5.41) is 10.1. The molecule has 2 aromatic rings. The average molecular weight is 352 g/mol. The quantitative estimate of drug-likeness (QED) is 0.787. The number of hydrogen-bond acceptors (Lipinski definition) is 4. The van der Waals surface area contributed by atoms with E-state index >= 15 is 0 Å². The fourth-order valence-corrected chi connectivity index (χ4v) is 4.43. The van der Waals surface area contributed by atoms with E-state index in [9.17, 15) is 9.59 Å². The smallest absolute Gasteiger partial charge is 0.243 e. The zero-order valence-corrected chi connectivity index (χ0v) is 14.8. The molecule has 0 bridgehead atoms. The van der Waals surface area contributed by atoms with Gasteiger partial charge in [0.25, 0.3) is 0 Å². The molecule has 6 heteroatoms. The van der Waals surface area contributed by atoms with E-state index in [1.165, 1.54) is 6.42 Å². The number of aromatic nitrogens is 1. The van der Waals surface area contributed by atoms with Gasteiger partial charge in [0.1, 0.15) is 0 Å². The van der Waals surface area contributed by atoms with E-state index < -0.39 is 0 Å². The van der Waals surface area contributed by atoms with Crippen LogP contribution >= 0.6 is 0 Å². The van der Waals surface area contributed by atoms with Gasteiger partial charge in [0.15, 0.2) is 0 Å². The summed E-state index contributed by atoms with van der Waals surface area (Å²) >= 11 is 0. The van der Waals surface area contributed by atoms with Crippen LogP contribution in [0.1, 0.15) is 25.7 Å². The van der Waals surface area contributed by atoms with Crippen molar-refractivity contribution in [2.45, 2.75) is 25.7 Å². The highest BCUT2D eigenvalue weighted by Crippen LogP contribution is 2.43. The van der Waals surface area contributed by atoms with E-state index in [4.69, 9.17) is 0 Å². The third kappa shape index (κ3) is 3.05. The number of carbonyl (C=O) groups excluding carboxylic acids is 2. The molecule has 0 spiro atoms. The number of carbonyl (C=O) groups is 2. The summed E-state index contributed by atoms with van der Waals surface area (Å²) in [5.41, 5.74) is 1.08. The Morgan fingerprint density at radius 3 is 3.04 bits per heavy atom. The average Bonchev–Trinajstić information content (AvgIpc) is 3.12. The standard InChI is InChI=1S/C20H24N4O2/c25-17(24-16-8-3-5-14-6-4-10-22-18(14)16)12-23-19(26)20-9-2-1-7-15(20)11-21-13-20/h3-6,8,10,15,21H,1-2,7,9,11-13H2,(H,23,26)(H,24,25)/t15-,20+/m0/s1. The number of rotatable bonds is 4. The Balaban J connectivity index is 1.40. The topological polar surface area (TPSA) is 83.1 Å². The van der Waals surface area contributed by atoms with E-state index in [-0.39, 0.29) is 23.8 Å². The van der Waals surface area contributed by atoms with Crippen LogP contribution in [0.5, 0.6) is 0 Å². The molecule has 4 rings (SSSR count). The summed E-state index contributed by atoms with van der Waals surface area (Å²) in [6.07, 6.45) is 5.98. The predicted octanol–water partition coefficient (Wildman–Crippen LogP) is 2.07. The Hall–Kier alpha value is -2.47. The maximum atomic E-state index is 12.8. The van der Waals surface area contributed by atoms with Gasteiger partial charge >= 0.3 is 0 Å². The second-order valence-electron chi connectivity index (χ2n) is 7.34. The fourth-order valence-electron chi connectivity index (χ4n) is 4.43. The van der Waals surface area contributed by atoms with Gasteiger partial charge in [-0.15, -0.1) is 0 Å². The molecule has 0 unspecified atom stereocenters. The molecule has 26 heavy (non-hydrogen) atoms. The Morgan fingerprint density at radius 1 is 1.23 bits per heavy atom. The molecule has 1 aliphatic heterocycles. The molecule has 136 valence electrons. The molecule has 2 amide bonds. The van der Waals surface area contributed by atoms with Gasteiger partial charge in [0.2, 0.25) is 11.8 Å². The Kier molecular flexibility index (Phi) is 4.59. The van der Waals surface area contributed by atoms with Crippen LogP contribution in [0.2, 0.25) is 0 Å². The summed E-state index contributed by atoms with van der Waals surface area (Å²) in [6, 6.07) is 9.48. The van der Waals surface area contributed by atoms with Crippen molar-refractivity contribution in [2.75, 3.05) is 25.0 Å². The zero-order chi connectivity index (χ0) is 18.0. The Labute approximate surface area is 152 Å². The van der Waals surface area contributed by atoms with Crippen molar-refractivity contribution in [2.24, 2.45) is 11.3 Å². The van der Waals surface area contributed by atoms with Crippen molar-refractivity contribution >= 4 is 28.4 Å². The van der Waals surface area contributed by atoms with Gasteiger partial charge in [-0.2, -0.15) is 0 Å².